The lowest BCUT2D eigenvalue weighted by Gasteiger charge is -2.28. The van der Waals surface area contributed by atoms with Crippen LogP contribution >= 0.6 is 0 Å². The van der Waals surface area contributed by atoms with Crippen molar-refractivity contribution in [1.82, 2.24) is 5.32 Å². The molecule has 0 spiro atoms. The molecule has 2 atom stereocenters. The maximum absolute atomic E-state index is 10.0. The molecule has 0 saturated heterocycles. The van der Waals surface area contributed by atoms with Crippen LogP contribution in [0.2, 0.25) is 0 Å². The van der Waals surface area contributed by atoms with Gasteiger partial charge in [0.1, 0.15) is 5.75 Å². The Morgan fingerprint density at radius 3 is 2.44 bits per heavy atom. The number of rotatable bonds is 5. The molecule has 0 aromatic heterocycles. The predicted octanol–water partition coefficient (Wildman–Crippen LogP) is 2.75. The molecular weight excluding hydrogens is 226 g/mol. The van der Waals surface area contributed by atoms with Crippen LogP contribution in [-0.2, 0) is 0 Å². The van der Waals surface area contributed by atoms with Gasteiger partial charge in [-0.05, 0) is 18.4 Å². The smallest absolute Gasteiger partial charge is 0.123 e. The lowest BCUT2D eigenvalue weighted by molar-refractivity contribution is 0.0608. The summed E-state index contributed by atoms with van der Waals surface area (Å²) in [5.74, 6) is 0.878. The van der Waals surface area contributed by atoms with Crippen molar-refractivity contribution in [3.63, 3.8) is 0 Å². The minimum Gasteiger partial charge on any atom is -0.496 e. The molecule has 2 unspecified atom stereocenters. The Bertz CT molecular complexity index is 371. The predicted molar refractivity (Wildman–Crippen MR) is 74.9 cm³/mol. The first kappa shape index (κ1) is 15.0. The Morgan fingerprint density at radius 2 is 1.89 bits per heavy atom. The van der Waals surface area contributed by atoms with Crippen molar-refractivity contribution < 1.29 is 9.84 Å². The number of hydrogen-bond acceptors (Lipinski definition) is 3. The third kappa shape index (κ3) is 4.00. The van der Waals surface area contributed by atoms with E-state index in [2.05, 4.69) is 12.2 Å². The van der Waals surface area contributed by atoms with Crippen LogP contribution in [0.5, 0.6) is 5.75 Å². The summed E-state index contributed by atoms with van der Waals surface area (Å²) >= 11 is 0. The largest absolute Gasteiger partial charge is 0.496 e. The Morgan fingerprint density at radius 1 is 1.28 bits per heavy atom. The molecule has 0 radical (unpaired) electrons. The molecule has 1 rings (SSSR count). The van der Waals surface area contributed by atoms with Crippen LogP contribution in [0.15, 0.2) is 24.3 Å². The SMILES string of the molecule is COc1ccccc1C(C)NCC(O)C(C)(C)C. The molecule has 3 nitrogen and oxygen atoms in total. The lowest BCUT2D eigenvalue weighted by Crippen LogP contribution is -2.37. The van der Waals surface area contributed by atoms with E-state index in [0.29, 0.717) is 6.54 Å². The minimum absolute atomic E-state index is 0.104. The Kier molecular flexibility index (Phi) is 5.17. The van der Waals surface area contributed by atoms with Crippen molar-refractivity contribution in [2.75, 3.05) is 13.7 Å². The molecular formula is C15H25NO2. The van der Waals surface area contributed by atoms with Gasteiger partial charge in [0, 0.05) is 18.2 Å². The molecule has 0 aliphatic heterocycles. The number of para-hydroxylation sites is 1. The van der Waals surface area contributed by atoms with E-state index < -0.39 is 0 Å². The highest BCUT2D eigenvalue weighted by molar-refractivity contribution is 5.35. The molecule has 0 aliphatic carbocycles. The first-order valence-electron chi connectivity index (χ1n) is 6.40. The summed E-state index contributed by atoms with van der Waals surface area (Å²) in [6.07, 6.45) is -0.366. The quantitative estimate of drug-likeness (QED) is 0.845. The Balaban J connectivity index is 2.63. The summed E-state index contributed by atoms with van der Waals surface area (Å²) in [4.78, 5) is 0. The van der Waals surface area contributed by atoms with Crippen molar-refractivity contribution >= 4 is 0 Å². The Hall–Kier alpha value is -1.06. The van der Waals surface area contributed by atoms with E-state index in [1.165, 1.54) is 0 Å². The zero-order valence-electron chi connectivity index (χ0n) is 12.0. The van der Waals surface area contributed by atoms with Gasteiger partial charge in [-0.3, -0.25) is 0 Å². The number of aliphatic hydroxyl groups is 1. The van der Waals surface area contributed by atoms with E-state index in [0.717, 1.165) is 11.3 Å². The van der Waals surface area contributed by atoms with Gasteiger partial charge in [-0.25, -0.2) is 0 Å². The molecule has 0 heterocycles. The average Bonchev–Trinajstić information content (AvgIpc) is 2.34. The second kappa shape index (κ2) is 6.21. The molecule has 0 amide bonds. The molecule has 102 valence electrons. The molecule has 1 aromatic carbocycles. The number of ether oxygens (including phenoxy) is 1. The van der Waals surface area contributed by atoms with Gasteiger partial charge in [-0.2, -0.15) is 0 Å². The van der Waals surface area contributed by atoms with Crippen LogP contribution in [0.3, 0.4) is 0 Å². The fraction of sp³-hybridized carbons (Fsp3) is 0.600. The highest BCUT2D eigenvalue weighted by atomic mass is 16.5. The van der Waals surface area contributed by atoms with Crippen molar-refractivity contribution in [2.45, 2.75) is 39.8 Å². The van der Waals surface area contributed by atoms with Crippen LogP contribution in [0.25, 0.3) is 0 Å². The molecule has 18 heavy (non-hydrogen) atoms. The standard InChI is InChI=1S/C15H25NO2/c1-11(16-10-14(17)15(2,3)4)12-8-6-7-9-13(12)18-5/h6-9,11,14,16-17H,10H2,1-5H3. The molecule has 0 fully saturated rings. The van der Waals surface area contributed by atoms with Crippen LogP contribution in [0, 0.1) is 5.41 Å². The molecule has 0 bridgehead atoms. The number of methoxy groups -OCH3 is 1. The zero-order chi connectivity index (χ0) is 13.8. The summed E-state index contributed by atoms with van der Waals surface area (Å²) in [6.45, 7) is 8.75. The van der Waals surface area contributed by atoms with Gasteiger partial charge >= 0.3 is 0 Å². The fourth-order valence-corrected chi connectivity index (χ4v) is 1.73. The normalized spacial score (nSPS) is 15.2. The number of aliphatic hydroxyl groups excluding tert-OH is 1. The van der Waals surface area contributed by atoms with Crippen LogP contribution in [-0.4, -0.2) is 24.9 Å². The number of benzene rings is 1. The summed E-state index contributed by atoms with van der Waals surface area (Å²) in [5, 5.41) is 13.4. The van der Waals surface area contributed by atoms with E-state index in [9.17, 15) is 5.11 Å². The van der Waals surface area contributed by atoms with Crippen molar-refractivity contribution in [1.29, 1.82) is 0 Å². The van der Waals surface area contributed by atoms with Crippen LogP contribution in [0.1, 0.15) is 39.3 Å². The second-order valence-corrected chi connectivity index (χ2v) is 5.75. The van der Waals surface area contributed by atoms with Crippen molar-refractivity contribution in [3.05, 3.63) is 29.8 Å². The molecule has 2 N–H and O–H groups in total. The summed E-state index contributed by atoms with van der Waals surface area (Å²) < 4.78 is 5.34. The van der Waals surface area contributed by atoms with E-state index in [1.807, 2.05) is 45.0 Å². The fourth-order valence-electron chi connectivity index (χ4n) is 1.73. The number of hydrogen-bond donors (Lipinski definition) is 2. The first-order valence-corrected chi connectivity index (χ1v) is 6.40. The highest BCUT2D eigenvalue weighted by Crippen LogP contribution is 2.25. The van der Waals surface area contributed by atoms with E-state index in [1.54, 1.807) is 7.11 Å². The Labute approximate surface area is 110 Å². The highest BCUT2D eigenvalue weighted by Gasteiger charge is 2.22. The molecule has 0 saturated carbocycles. The maximum Gasteiger partial charge on any atom is 0.123 e. The van der Waals surface area contributed by atoms with Crippen molar-refractivity contribution in [3.8, 4) is 5.75 Å². The second-order valence-electron chi connectivity index (χ2n) is 5.75. The summed E-state index contributed by atoms with van der Waals surface area (Å²) in [6, 6.07) is 8.10. The monoisotopic (exact) mass is 251 g/mol. The average molecular weight is 251 g/mol. The van der Waals surface area contributed by atoms with Gasteiger partial charge in [0.05, 0.1) is 13.2 Å². The summed E-state index contributed by atoms with van der Waals surface area (Å²) in [5.41, 5.74) is 1.01. The van der Waals surface area contributed by atoms with Gasteiger partial charge in [0.2, 0.25) is 0 Å². The van der Waals surface area contributed by atoms with Crippen LogP contribution in [0.4, 0.5) is 0 Å². The minimum atomic E-state index is -0.366. The molecule has 1 aromatic rings. The van der Waals surface area contributed by atoms with E-state index >= 15 is 0 Å². The van der Waals surface area contributed by atoms with E-state index in [4.69, 9.17) is 4.74 Å². The zero-order valence-corrected chi connectivity index (χ0v) is 12.0. The van der Waals surface area contributed by atoms with Crippen molar-refractivity contribution in [2.24, 2.45) is 5.41 Å². The topological polar surface area (TPSA) is 41.5 Å². The van der Waals surface area contributed by atoms with Gasteiger partial charge in [0.25, 0.3) is 0 Å². The van der Waals surface area contributed by atoms with Gasteiger partial charge in [-0.1, -0.05) is 39.0 Å². The van der Waals surface area contributed by atoms with E-state index in [-0.39, 0.29) is 17.6 Å². The van der Waals surface area contributed by atoms with Crippen LogP contribution < -0.4 is 10.1 Å². The maximum atomic E-state index is 10.0. The van der Waals surface area contributed by atoms with Gasteiger partial charge in [-0.15, -0.1) is 0 Å². The lowest BCUT2D eigenvalue weighted by atomic mass is 9.89. The molecule has 3 heteroatoms. The van der Waals surface area contributed by atoms with Gasteiger partial charge in [0.15, 0.2) is 0 Å². The third-order valence-corrected chi connectivity index (χ3v) is 3.22. The summed E-state index contributed by atoms with van der Waals surface area (Å²) in [7, 11) is 1.68. The van der Waals surface area contributed by atoms with Gasteiger partial charge < -0.3 is 15.2 Å². The number of nitrogens with one attached hydrogen (secondary N) is 1. The third-order valence-electron chi connectivity index (χ3n) is 3.22. The first-order chi connectivity index (χ1) is 8.36. The molecule has 0 aliphatic rings.